The van der Waals surface area contributed by atoms with E-state index in [1.807, 2.05) is 6.07 Å². The summed E-state index contributed by atoms with van der Waals surface area (Å²) in [6.45, 7) is 0.499. The molecule has 0 unspecified atom stereocenters. The monoisotopic (exact) mass is 448 g/mol. The molecule has 1 fully saturated rings. The van der Waals surface area contributed by atoms with Crippen LogP contribution >= 0.6 is 0 Å². The maximum Gasteiger partial charge on any atom is 0.224 e. The summed E-state index contributed by atoms with van der Waals surface area (Å²) < 4.78 is 16.1. The molecule has 1 saturated carbocycles. The molecule has 9 nitrogen and oxygen atoms in total. The Bertz CT molecular complexity index is 1150. The highest BCUT2D eigenvalue weighted by atomic mass is 19.1. The minimum absolute atomic E-state index is 0.0834. The van der Waals surface area contributed by atoms with Crippen LogP contribution in [-0.2, 0) is 11.2 Å². The minimum Gasteiger partial charge on any atom is -0.369 e. The van der Waals surface area contributed by atoms with Gasteiger partial charge in [0.2, 0.25) is 11.9 Å². The van der Waals surface area contributed by atoms with E-state index in [1.54, 1.807) is 29.4 Å². The van der Waals surface area contributed by atoms with Gasteiger partial charge in [-0.25, -0.2) is 14.4 Å². The molecule has 4 N–H and O–H groups in total. The predicted octanol–water partition coefficient (Wildman–Crippen LogP) is 2.78. The summed E-state index contributed by atoms with van der Waals surface area (Å²) in [6, 6.07) is 7.32. The van der Waals surface area contributed by atoms with E-state index in [-0.39, 0.29) is 23.7 Å². The van der Waals surface area contributed by atoms with Crippen LogP contribution in [0.4, 0.5) is 16.2 Å². The van der Waals surface area contributed by atoms with Gasteiger partial charge in [-0.3, -0.25) is 4.79 Å². The van der Waals surface area contributed by atoms with E-state index in [0.717, 1.165) is 31.2 Å². The van der Waals surface area contributed by atoms with Crippen LogP contribution in [0.5, 0.6) is 0 Å². The summed E-state index contributed by atoms with van der Waals surface area (Å²) in [5.41, 5.74) is 7.04. The lowest BCUT2D eigenvalue weighted by molar-refractivity contribution is -0.122. The van der Waals surface area contributed by atoms with Gasteiger partial charge in [0.25, 0.3) is 0 Å². The molecule has 0 bridgehead atoms. The van der Waals surface area contributed by atoms with Gasteiger partial charge in [-0.15, -0.1) is 0 Å². The third-order valence-corrected chi connectivity index (χ3v) is 5.87. The lowest BCUT2D eigenvalue weighted by Crippen LogP contribution is -2.32. The van der Waals surface area contributed by atoms with Crippen molar-refractivity contribution in [3.63, 3.8) is 0 Å². The number of benzene rings is 1. The van der Waals surface area contributed by atoms with Crippen molar-refractivity contribution in [1.82, 2.24) is 19.5 Å². The maximum absolute atomic E-state index is 14.4. The molecule has 4 rings (SSSR count). The van der Waals surface area contributed by atoms with Crippen LogP contribution in [0.2, 0.25) is 0 Å². The fourth-order valence-electron chi connectivity index (χ4n) is 4.01. The number of carbonyl (C=O) groups excluding carboxylic acids is 1. The first kappa shape index (κ1) is 22.2. The van der Waals surface area contributed by atoms with Crippen LogP contribution in [-0.4, -0.2) is 38.0 Å². The number of nitrogens with two attached hydrogens (primary N) is 1. The second-order valence-corrected chi connectivity index (χ2v) is 8.10. The molecule has 10 heteroatoms. The Morgan fingerprint density at radius 1 is 1.30 bits per heavy atom. The third-order valence-electron chi connectivity index (χ3n) is 5.87. The van der Waals surface area contributed by atoms with Gasteiger partial charge in [0.05, 0.1) is 18.2 Å². The van der Waals surface area contributed by atoms with Crippen LogP contribution in [0.3, 0.4) is 0 Å². The lowest BCUT2D eigenvalue weighted by atomic mass is 9.85. The van der Waals surface area contributed by atoms with E-state index in [1.165, 1.54) is 12.3 Å². The van der Waals surface area contributed by atoms with E-state index in [2.05, 4.69) is 31.7 Å². The zero-order chi connectivity index (χ0) is 23.2. The summed E-state index contributed by atoms with van der Waals surface area (Å²) in [4.78, 5) is 24.0. The average molecular weight is 449 g/mol. The predicted molar refractivity (Wildman–Crippen MR) is 121 cm³/mol. The number of rotatable bonds is 8. The van der Waals surface area contributed by atoms with E-state index in [0.29, 0.717) is 36.0 Å². The van der Waals surface area contributed by atoms with Crippen molar-refractivity contribution in [2.75, 3.05) is 17.2 Å². The lowest BCUT2D eigenvalue weighted by Gasteiger charge is -2.28. The van der Waals surface area contributed by atoms with Crippen LogP contribution in [0, 0.1) is 23.1 Å². The molecule has 2 heterocycles. The highest BCUT2D eigenvalue weighted by Crippen LogP contribution is 2.27. The molecular weight excluding hydrogens is 423 g/mol. The fraction of sp³-hybridized carbons (Fsp3) is 0.348. The molecule has 1 amide bonds. The Hall–Kier alpha value is -4.00. The number of anilines is 2. The second kappa shape index (κ2) is 10.1. The fourth-order valence-corrected chi connectivity index (χ4v) is 4.01. The van der Waals surface area contributed by atoms with Crippen molar-refractivity contribution in [1.29, 1.82) is 5.26 Å². The smallest absolute Gasteiger partial charge is 0.224 e. The van der Waals surface area contributed by atoms with Crippen molar-refractivity contribution in [3.8, 4) is 11.8 Å². The molecule has 3 aromatic rings. The summed E-state index contributed by atoms with van der Waals surface area (Å²) in [7, 11) is 0. The summed E-state index contributed by atoms with van der Waals surface area (Å²) in [5, 5.41) is 15.9. The Balaban J connectivity index is 1.35. The van der Waals surface area contributed by atoms with Gasteiger partial charge >= 0.3 is 0 Å². The van der Waals surface area contributed by atoms with Crippen LogP contribution < -0.4 is 16.4 Å². The summed E-state index contributed by atoms with van der Waals surface area (Å²) in [5.74, 6) is 0.194. The topological polar surface area (TPSA) is 135 Å². The average Bonchev–Trinajstić information content (AvgIpc) is 3.34. The van der Waals surface area contributed by atoms with Crippen molar-refractivity contribution in [2.24, 2.45) is 11.7 Å². The van der Waals surface area contributed by atoms with Crippen LogP contribution in [0.1, 0.15) is 36.8 Å². The first-order valence-electron chi connectivity index (χ1n) is 10.9. The van der Waals surface area contributed by atoms with Gasteiger partial charge < -0.3 is 20.9 Å². The van der Waals surface area contributed by atoms with Crippen LogP contribution in [0.25, 0.3) is 5.69 Å². The van der Waals surface area contributed by atoms with Gasteiger partial charge in [-0.2, -0.15) is 10.2 Å². The number of imidazole rings is 1. The van der Waals surface area contributed by atoms with Gasteiger partial charge in [-0.05, 0) is 49.8 Å². The number of amides is 1. The molecular formula is C23H25FN8O. The molecule has 0 spiro atoms. The zero-order valence-electron chi connectivity index (χ0n) is 18.0. The van der Waals surface area contributed by atoms with Gasteiger partial charge in [0.1, 0.15) is 23.3 Å². The number of carbonyl (C=O) groups is 1. The highest BCUT2D eigenvalue weighted by Gasteiger charge is 2.25. The Labute approximate surface area is 190 Å². The number of aromatic nitrogens is 4. The molecule has 0 saturated heterocycles. The van der Waals surface area contributed by atoms with Crippen molar-refractivity contribution >= 4 is 17.7 Å². The van der Waals surface area contributed by atoms with Crippen molar-refractivity contribution in [3.05, 3.63) is 60.1 Å². The van der Waals surface area contributed by atoms with Gasteiger partial charge in [-0.1, -0.05) is 6.07 Å². The summed E-state index contributed by atoms with van der Waals surface area (Å²) >= 11 is 0. The number of hydrogen-bond acceptors (Lipinski definition) is 7. The van der Waals surface area contributed by atoms with Gasteiger partial charge in [0, 0.05) is 30.9 Å². The molecule has 0 radical (unpaired) electrons. The van der Waals surface area contributed by atoms with E-state index in [9.17, 15) is 14.4 Å². The number of halogens is 1. The third kappa shape index (κ3) is 5.44. The normalized spacial score (nSPS) is 17.8. The molecule has 1 aliphatic carbocycles. The first-order chi connectivity index (χ1) is 16.0. The quantitative estimate of drug-likeness (QED) is 0.482. The highest BCUT2D eigenvalue weighted by molar-refractivity contribution is 5.76. The molecule has 1 aliphatic rings. The van der Waals surface area contributed by atoms with Crippen LogP contribution in [0.15, 0.2) is 43.1 Å². The van der Waals surface area contributed by atoms with Gasteiger partial charge in [0.15, 0.2) is 0 Å². The maximum atomic E-state index is 14.4. The SMILES string of the molecule is N#Cc1cnc(NCCc2ccc(-n3ccnc3)c(F)c2)nc1N[C@H]1CC[C@@H](C(N)=O)CC1. The van der Waals surface area contributed by atoms with E-state index >= 15 is 0 Å². The largest absolute Gasteiger partial charge is 0.369 e. The number of nitrogens with zero attached hydrogens (tertiary/aromatic N) is 5. The first-order valence-corrected chi connectivity index (χ1v) is 10.9. The number of hydrogen-bond donors (Lipinski definition) is 3. The number of nitrogens with one attached hydrogen (secondary N) is 2. The molecule has 170 valence electrons. The Morgan fingerprint density at radius 2 is 2.12 bits per heavy atom. The Kier molecular flexibility index (Phi) is 6.78. The van der Waals surface area contributed by atoms with E-state index < -0.39 is 0 Å². The molecule has 0 atom stereocenters. The van der Waals surface area contributed by atoms with Crippen molar-refractivity contribution < 1.29 is 9.18 Å². The molecule has 2 aromatic heterocycles. The Morgan fingerprint density at radius 3 is 2.79 bits per heavy atom. The molecule has 33 heavy (non-hydrogen) atoms. The minimum atomic E-state index is -0.322. The molecule has 0 aliphatic heterocycles. The number of nitriles is 1. The van der Waals surface area contributed by atoms with E-state index in [4.69, 9.17) is 5.73 Å². The zero-order valence-corrected chi connectivity index (χ0v) is 18.0. The molecule has 1 aromatic carbocycles. The number of primary amides is 1. The van der Waals surface area contributed by atoms with Crippen molar-refractivity contribution in [2.45, 2.75) is 38.1 Å². The summed E-state index contributed by atoms with van der Waals surface area (Å²) in [6.07, 6.45) is 9.91. The standard InChI is InChI=1S/C23H25FN8O/c24-19-11-15(1-6-20(19)32-10-9-27-14-32)7-8-28-23-29-13-17(12-25)22(31-23)30-18-4-2-16(3-5-18)21(26)33/h1,6,9-11,13-14,16,18H,2-5,7-8H2,(H2,26,33)(H2,28,29,30,31)/t16-,18+. The second-order valence-electron chi connectivity index (χ2n) is 8.10.